The first-order chi connectivity index (χ1) is 10.9. The van der Waals surface area contributed by atoms with E-state index in [1.54, 1.807) is 0 Å². The van der Waals surface area contributed by atoms with E-state index in [4.69, 9.17) is 27.9 Å². The Balaban J connectivity index is 1.57. The maximum Gasteiger partial charge on any atom is 0.276 e. The Kier molecular flexibility index (Phi) is 4.85. The maximum absolute atomic E-state index is 14.5. The van der Waals surface area contributed by atoms with Crippen molar-refractivity contribution < 1.29 is 13.5 Å². The fourth-order valence-electron chi connectivity index (χ4n) is 2.68. The lowest BCUT2D eigenvalue weighted by Gasteiger charge is -2.40. The van der Waals surface area contributed by atoms with Gasteiger partial charge in [-0.05, 0) is 30.5 Å². The summed E-state index contributed by atoms with van der Waals surface area (Å²) < 4.78 is 34.7. The summed E-state index contributed by atoms with van der Waals surface area (Å²) in [5.41, 5.74) is 0.851. The van der Waals surface area contributed by atoms with E-state index >= 15 is 0 Å². The van der Waals surface area contributed by atoms with Gasteiger partial charge in [0.1, 0.15) is 10.3 Å². The summed E-state index contributed by atoms with van der Waals surface area (Å²) in [4.78, 5) is 3.70. The number of ether oxygens (including phenoxy) is 1. The molecule has 0 saturated heterocycles. The van der Waals surface area contributed by atoms with E-state index in [0.29, 0.717) is 19.4 Å². The fraction of sp³-hybridized carbons (Fsp3) is 0.353. The number of hydrogen-bond acceptors (Lipinski definition) is 2. The van der Waals surface area contributed by atoms with Crippen LogP contribution in [0.5, 0.6) is 0 Å². The molecule has 23 heavy (non-hydrogen) atoms. The second kappa shape index (κ2) is 6.71. The number of hydrogen-bond donors (Lipinski definition) is 0. The number of halogens is 4. The topological polar surface area (TPSA) is 22.1 Å². The summed E-state index contributed by atoms with van der Waals surface area (Å²) in [7, 11) is 0. The molecule has 1 saturated carbocycles. The van der Waals surface area contributed by atoms with E-state index in [9.17, 15) is 8.78 Å². The normalized spacial score (nSPS) is 21.0. The molecule has 6 heteroatoms. The van der Waals surface area contributed by atoms with Gasteiger partial charge in [-0.3, -0.25) is 0 Å². The molecule has 1 aliphatic rings. The van der Waals surface area contributed by atoms with Crippen LogP contribution < -0.4 is 0 Å². The molecule has 1 heterocycles. The lowest BCUT2D eigenvalue weighted by molar-refractivity contribution is -0.151. The van der Waals surface area contributed by atoms with E-state index in [-0.39, 0.29) is 22.0 Å². The molecular weight excluding hydrogens is 343 g/mol. The molecule has 0 bridgehead atoms. The highest BCUT2D eigenvalue weighted by Crippen LogP contribution is 2.48. The average molecular weight is 358 g/mol. The van der Waals surface area contributed by atoms with Gasteiger partial charge in [-0.15, -0.1) is 0 Å². The Morgan fingerprint density at radius 2 is 1.70 bits per heavy atom. The first kappa shape index (κ1) is 16.6. The lowest BCUT2D eigenvalue weighted by atomic mass is 9.75. The summed E-state index contributed by atoms with van der Waals surface area (Å²) in [6, 6.07) is 12.0. The van der Waals surface area contributed by atoms with Gasteiger partial charge in [0.25, 0.3) is 5.92 Å². The predicted octanol–water partition coefficient (Wildman–Crippen LogP) is 5.48. The highest BCUT2D eigenvalue weighted by atomic mass is 35.5. The van der Waals surface area contributed by atoms with Crippen LogP contribution in [0.1, 0.15) is 24.0 Å². The Labute approximate surface area is 143 Å². The van der Waals surface area contributed by atoms with Crippen molar-refractivity contribution in [2.75, 3.05) is 0 Å². The second-order valence-corrected chi connectivity index (χ2v) is 6.49. The van der Waals surface area contributed by atoms with Crippen LogP contribution in [0.3, 0.4) is 0 Å². The van der Waals surface area contributed by atoms with Crippen molar-refractivity contribution in [3.8, 4) is 0 Å². The number of rotatable bonds is 5. The van der Waals surface area contributed by atoms with Crippen LogP contribution in [-0.4, -0.2) is 11.1 Å². The van der Waals surface area contributed by atoms with Crippen LogP contribution in [0.4, 0.5) is 8.78 Å². The largest absolute Gasteiger partial charge is 0.374 e. The first-order valence-electron chi connectivity index (χ1n) is 7.32. The summed E-state index contributed by atoms with van der Waals surface area (Å²) in [6.07, 6.45) is 0.494. The summed E-state index contributed by atoms with van der Waals surface area (Å²) in [6.45, 7) is 0.441. The zero-order chi connectivity index (χ0) is 16.4. The minimum Gasteiger partial charge on any atom is -0.374 e. The number of benzene rings is 1. The third kappa shape index (κ3) is 3.82. The number of pyridine rings is 1. The van der Waals surface area contributed by atoms with Gasteiger partial charge in [0, 0.05) is 11.5 Å². The fourth-order valence-corrected chi connectivity index (χ4v) is 3.14. The van der Waals surface area contributed by atoms with Gasteiger partial charge in [-0.2, -0.15) is 0 Å². The maximum atomic E-state index is 14.5. The number of aromatic nitrogens is 1. The smallest absolute Gasteiger partial charge is 0.276 e. The SMILES string of the molecule is FC(F)(c1cc(Cl)nc(Cl)c1)[C@H]1C[C@H](OCc2ccccc2)C1. The van der Waals surface area contributed by atoms with Crippen LogP contribution in [0.15, 0.2) is 42.5 Å². The minimum atomic E-state index is -2.98. The molecule has 0 N–H and O–H groups in total. The molecule has 0 atom stereocenters. The van der Waals surface area contributed by atoms with Crippen molar-refractivity contribution in [1.29, 1.82) is 0 Å². The summed E-state index contributed by atoms with van der Waals surface area (Å²) in [5, 5.41) is -0.0493. The molecule has 0 unspecified atom stereocenters. The lowest BCUT2D eigenvalue weighted by Crippen LogP contribution is -2.41. The van der Waals surface area contributed by atoms with Gasteiger partial charge in [0.15, 0.2) is 0 Å². The molecule has 122 valence electrons. The minimum absolute atomic E-state index is 0.0247. The van der Waals surface area contributed by atoms with Crippen LogP contribution in [0.2, 0.25) is 10.3 Å². The van der Waals surface area contributed by atoms with Gasteiger partial charge in [-0.1, -0.05) is 53.5 Å². The molecule has 0 spiro atoms. The highest BCUT2D eigenvalue weighted by Gasteiger charge is 2.49. The highest BCUT2D eigenvalue weighted by molar-refractivity contribution is 6.32. The van der Waals surface area contributed by atoms with Crippen molar-refractivity contribution >= 4 is 23.2 Å². The van der Waals surface area contributed by atoms with Crippen LogP contribution >= 0.6 is 23.2 Å². The zero-order valence-electron chi connectivity index (χ0n) is 12.2. The van der Waals surface area contributed by atoms with Gasteiger partial charge < -0.3 is 4.74 Å². The van der Waals surface area contributed by atoms with Crippen LogP contribution in [-0.2, 0) is 17.3 Å². The second-order valence-electron chi connectivity index (χ2n) is 5.71. The monoisotopic (exact) mass is 357 g/mol. The molecule has 3 rings (SSSR count). The molecule has 2 nitrogen and oxygen atoms in total. The zero-order valence-corrected chi connectivity index (χ0v) is 13.7. The molecule has 0 amide bonds. The molecule has 0 aliphatic heterocycles. The molecule has 1 aromatic carbocycles. The number of nitrogens with zero attached hydrogens (tertiary/aromatic N) is 1. The van der Waals surface area contributed by atoms with Crippen LogP contribution in [0.25, 0.3) is 0 Å². The quantitative estimate of drug-likeness (QED) is 0.661. The summed E-state index contributed by atoms with van der Waals surface area (Å²) >= 11 is 11.4. The Morgan fingerprint density at radius 3 is 2.30 bits per heavy atom. The Bertz CT molecular complexity index is 655. The van der Waals surface area contributed by atoms with Gasteiger partial charge in [0.2, 0.25) is 0 Å². The number of alkyl halides is 2. The van der Waals surface area contributed by atoms with Crippen LogP contribution in [0, 0.1) is 5.92 Å². The molecule has 1 aliphatic carbocycles. The standard InChI is InChI=1S/C17H15Cl2F2NO/c18-15-8-13(9-16(19)22-15)17(20,21)12-6-14(7-12)23-10-11-4-2-1-3-5-11/h1-5,8-9,12,14H,6-7,10H2/t12-,14-. The van der Waals surface area contributed by atoms with Crippen molar-refractivity contribution in [1.82, 2.24) is 4.98 Å². The van der Waals surface area contributed by atoms with Crippen molar-refractivity contribution in [2.24, 2.45) is 5.92 Å². The molecule has 2 aromatic rings. The van der Waals surface area contributed by atoms with Crippen molar-refractivity contribution in [3.63, 3.8) is 0 Å². The Morgan fingerprint density at radius 1 is 1.09 bits per heavy atom. The van der Waals surface area contributed by atoms with Gasteiger partial charge in [0.05, 0.1) is 12.7 Å². The van der Waals surface area contributed by atoms with E-state index in [1.165, 1.54) is 12.1 Å². The first-order valence-corrected chi connectivity index (χ1v) is 8.07. The molecule has 1 aromatic heterocycles. The molecule has 1 fully saturated rings. The van der Waals surface area contributed by atoms with E-state index in [0.717, 1.165) is 5.56 Å². The third-order valence-corrected chi connectivity index (χ3v) is 4.47. The van der Waals surface area contributed by atoms with E-state index < -0.39 is 11.8 Å². The Hall–Kier alpha value is -1.23. The summed E-state index contributed by atoms with van der Waals surface area (Å²) in [5.74, 6) is -3.75. The van der Waals surface area contributed by atoms with Gasteiger partial charge in [-0.25, -0.2) is 13.8 Å². The average Bonchev–Trinajstić information content (AvgIpc) is 2.45. The third-order valence-electron chi connectivity index (χ3n) is 4.08. The van der Waals surface area contributed by atoms with Gasteiger partial charge >= 0.3 is 0 Å². The molecule has 0 radical (unpaired) electrons. The van der Waals surface area contributed by atoms with Crippen molar-refractivity contribution in [3.05, 3.63) is 63.9 Å². The predicted molar refractivity (Wildman–Crippen MR) is 85.9 cm³/mol. The van der Waals surface area contributed by atoms with E-state index in [2.05, 4.69) is 4.98 Å². The van der Waals surface area contributed by atoms with E-state index in [1.807, 2.05) is 30.3 Å². The van der Waals surface area contributed by atoms with Crippen molar-refractivity contribution in [2.45, 2.75) is 31.5 Å². The molecular formula is C17H15Cl2F2NO.